The normalized spacial score (nSPS) is 14.8. The van der Waals surface area contributed by atoms with Crippen molar-refractivity contribution in [3.8, 4) is 0 Å². The molecule has 1 saturated heterocycles. The molecule has 0 atom stereocenters. The Bertz CT molecular complexity index is 928. The molecule has 154 valence electrons. The number of carbonyl (C=O) groups excluding carboxylic acids is 1. The Morgan fingerprint density at radius 1 is 1.10 bits per heavy atom. The Morgan fingerprint density at radius 3 is 2.34 bits per heavy atom. The van der Waals surface area contributed by atoms with Crippen LogP contribution in [0.4, 0.5) is 24.5 Å². The highest BCUT2D eigenvalue weighted by molar-refractivity contribution is 7.98. The SMILES string of the molecule is CSc1ccccc1C(=O)N1CCN(c2ccc(C(F)(F)F)cc2[N+](=O)[O-])CC1. The van der Waals surface area contributed by atoms with Crippen molar-refractivity contribution < 1.29 is 22.9 Å². The predicted molar refractivity (Wildman–Crippen MR) is 104 cm³/mol. The number of alkyl halides is 3. The summed E-state index contributed by atoms with van der Waals surface area (Å²) in [7, 11) is 0. The van der Waals surface area contributed by atoms with Gasteiger partial charge in [-0.2, -0.15) is 13.2 Å². The summed E-state index contributed by atoms with van der Waals surface area (Å²) in [5.41, 5.74) is -0.934. The average Bonchev–Trinajstić information content (AvgIpc) is 2.72. The van der Waals surface area contributed by atoms with Crippen molar-refractivity contribution in [2.45, 2.75) is 11.1 Å². The average molecular weight is 425 g/mol. The van der Waals surface area contributed by atoms with E-state index in [0.29, 0.717) is 37.8 Å². The van der Waals surface area contributed by atoms with Crippen LogP contribution in [0.3, 0.4) is 0 Å². The van der Waals surface area contributed by atoms with Crippen molar-refractivity contribution in [1.82, 2.24) is 4.90 Å². The van der Waals surface area contributed by atoms with Gasteiger partial charge in [0.2, 0.25) is 0 Å². The molecule has 0 unspecified atom stereocenters. The molecule has 0 spiro atoms. The third-order valence-corrected chi connectivity index (χ3v) is 5.54. The molecule has 1 aliphatic heterocycles. The summed E-state index contributed by atoms with van der Waals surface area (Å²) in [5.74, 6) is -0.128. The van der Waals surface area contributed by atoms with Crippen molar-refractivity contribution in [2.75, 3.05) is 37.3 Å². The van der Waals surface area contributed by atoms with Gasteiger partial charge in [-0.25, -0.2) is 0 Å². The van der Waals surface area contributed by atoms with Gasteiger partial charge in [0.15, 0.2) is 0 Å². The standard InChI is InChI=1S/C19H18F3N3O3S/c1-29-17-5-3-2-4-14(17)18(26)24-10-8-23(9-11-24)15-7-6-13(19(20,21)22)12-16(15)25(27)28/h2-7,12H,8-11H2,1H3. The van der Waals surface area contributed by atoms with Gasteiger partial charge in [0.25, 0.3) is 11.6 Å². The van der Waals surface area contributed by atoms with Gasteiger partial charge < -0.3 is 9.80 Å². The van der Waals surface area contributed by atoms with Crippen molar-refractivity contribution >= 4 is 29.0 Å². The Balaban J connectivity index is 1.77. The Kier molecular flexibility index (Phi) is 6.02. The number of halogens is 3. The van der Waals surface area contributed by atoms with Crippen LogP contribution in [0.5, 0.6) is 0 Å². The number of hydrogen-bond acceptors (Lipinski definition) is 5. The van der Waals surface area contributed by atoms with Crippen LogP contribution in [0, 0.1) is 10.1 Å². The topological polar surface area (TPSA) is 66.7 Å². The minimum Gasteiger partial charge on any atom is -0.362 e. The van der Waals surface area contributed by atoms with Crippen LogP contribution in [-0.4, -0.2) is 48.2 Å². The van der Waals surface area contributed by atoms with Crippen LogP contribution in [-0.2, 0) is 6.18 Å². The minimum atomic E-state index is -4.65. The lowest BCUT2D eigenvalue weighted by Gasteiger charge is -2.36. The zero-order chi connectivity index (χ0) is 21.2. The molecule has 0 bridgehead atoms. The predicted octanol–water partition coefficient (Wildman–Crippen LogP) is 4.30. The first-order valence-corrected chi connectivity index (χ1v) is 9.97. The van der Waals surface area contributed by atoms with Gasteiger partial charge in [0.05, 0.1) is 16.1 Å². The van der Waals surface area contributed by atoms with E-state index in [1.165, 1.54) is 11.8 Å². The molecule has 0 aliphatic carbocycles. The number of carbonyl (C=O) groups is 1. The highest BCUT2D eigenvalue weighted by Crippen LogP contribution is 2.37. The summed E-state index contributed by atoms with van der Waals surface area (Å²) in [6, 6.07) is 9.78. The fraction of sp³-hybridized carbons (Fsp3) is 0.316. The maximum absolute atomic E-state index is 12.9. The number of anilines is 1. The van der Waals surface area contributed by atoms with E-state index in [4.69, 9.17) is 0 Å². The van der Waals surface area contributed by atoms with Gasteiger partial charge in [-0.1, -0.05) is 12.1 Å². The first kappa shape index (κ1) is 21.0. The molecule has 2 aromatic rings. The summed E-state index contributed by atoms with van der Waals surface area (Å²) < 4.78 is 38.7. The van der Waals surface area contributed by atoms with Crippen LogP contribution < -0.4 is 4.90 Å². The molecule has 29 heavy (non-hydrogen) atoms. The molecular weight excluding hydrogens is 407 g/mol. The molecule has 10 heteroatoms. The van der Waals surface area contributed by atoms with E-state index in [1.807, 2.05) is 18.4 Å². The largest absolute Gasteiger partial charge is 0.416 e. The lowest BCUT2D eigenvalue weighted by Crippen LogP contribution is -2.49. The molecule has 0 saturated carbocycles. The van der Waals surface area contributed by atoms with Gasteiger partial charge in [-0.05, 0) is 30.5 Å². The maximum Gasteiger partial charge on any atom is 0.416 e. The van der Waals surface area contributed by atoms with Gasteiger partial charge in [-0.15, -0.1) is 11.8 Å². The third kappa shape index (κ3) is 4.47. The smallest absolute Gasteiger partial charge is 0.362 e. The second kappa shape index (κ2) is 8.32. The Hall–Kier alpha value is -2.75. The summed E-state index contributed by atoms with van der Waals surface area (Å²) in [5, 5.41) is 11.3. The zero-order valence-electron chi connectivity index (χ0n) is 15.5. The molecule has 3 rings (SSSR count). The second-order valence-electron chi connectivity index (χ2n) is 6.44. The number of thioether (sulfide) groups is 1. The van der Waals surface area contributed by atoms with Crippen LogP contribution in [0.1, 0.15) is 15.9 Å². The molecule has 1 amide bonds. The van der Waals surface area contributed by atoms with Gasteiger partial charge in [0.1, 0.15) is 5.69 Å². The Labute approximate surface area is 169 Å². The van der Waals surface area contributed by atoms with Crippen LogP contribution >= 0.6 is 11.8 Å². The molecule has 6 nitrogen and oxygen atoms in total. The summed E-state index contributed by atoms with van der Waals surface area (Å²) in [6.45, 7) is 1.22. The van der Waals surface area contributed by atoms with E-state index < -0.39 is 22.4 Å². The van der Waals surface area contributed by atoms with Crippen LogP contribution in [0.2, 0.25) is 0 Å². The van der Waals surface area contributed by atoms with Gasteiger partial charge in [0, 0.05) is 37.1 Å². The number of nitro groups is 1. The highest BCUT2D eigenvalue weighted by atomic mass is 32.2. The number of nitro benzene ring substituents is 1. The summed E-state index contributed by atoms with van der Waals surface area (Å²) in [4.78, 5) is 27.5. The molecule has 0 aromatic heterocycles. The van der Waals surface area contributed by atoms with E-state index >= 15 is 0 Å². The highest BCUT2D eigenvalue weighted by Gasteiger charge is 2.34. The van der Waals surface area contributed by atoms with Crippen LogP contribution in [0.25, 0.3) is 0 Å². The van der Waals surface area contributed by atoms with E-state index in [9.17, 15) is 28.1 Å². The summed E-state index contributed by atoms with van der Waals surface area (Å²) in [6.07, 6.45) is -2.77. The van der Waals surface area contributed by atoms with Crippen molar-refractivity contribution in [3.05, 3.63) is 63.7 Å². The van der Waals surface area contributed by atoms with Gasteiger partial charge >= 0.3 is 6.18 Å². The van der Waals surface area contributed by atoms with E-state index in [0.717, 1.165) is 17.0 Å². The number of amides is 1. The molecular formula is C19H18F3N3O3S. The van der Waals surface area contributed by atoms with Crippen molar-refractivity contribution in [3.63, 3.8) is 0 Å². The molecule has 1 aliphatic rings. The molecule has 0 radical (unpaired) electrons. The third-order valence-electron chi connectivity index (χ3n) is 4.74. The minimum absolute atomic E-state index is 0.125. The number of hydrogen-bond donors (Lipinski definition) is 0. The molecule has 0 N–H and O–H groups in total. The molecule has 1 heterocycles. The lowest BCUT2D eigenvalue weighted by atomic mass is 10.1. The monoisotopic (exact) mass is 425 g/mol. The number of piperazine rings is 1. The number of rotatable bonds is 4. The Morgan fingerprint density at radius 2 is 1.76 bits per heavy atom. The lowest BCUT2D eigenvalue weighted by molar-refractivity contribution is -0.384. The fourth-order valence-electron chi connectivity index (χ4n) is 3.26. The number of benzene rings is 2. The van der Waals surface area contributed by atoms with Crippen molar-refractivity contribution in [1.29, 1.82) is 0 Å². The maximum atomic E-state index is 12.9. The molecule has 1 fully saturated rings. The van der Waals surface area contributed by atoms with Crippen LogP contribution in [0.15, 0.2) is 47.4 Å². The zero-order valence-corrected chi connectivity index (χ0v) is 16.3. The van der Waals surface area contributed by atoms with Crippen molar-refractivity contribution in [2.24, 2.45) is 0 Å². The first-order chi connectivity index (χ1) is 13.7. The fourth-order valence-corrected chi connectivity index (χ4v) is 3.85. The number of nitrogens with zero attached hydrogens (tertiary/aromatic N) is 3. The first-order valence-electron chi connectivity index (χ1n) is 8.75. The quantitative estimate of drug-likeness (QED) is 0.415. The van der Waals surface area contributed by atoms with E-state index in [2.05, 4.69) is 0 Å². The molecule has 2 aromatic carbocycles. The second-order valence-corrected chi connectivity index (χ2v) is 7.29. The van der Waals surface area contributed by atoms with E-state index in [1.54, 1.807) is 21.9 Å². The van der Waals surface area contributed by atoms with Gasteiger partial charge in [-0.3, -0.25) is 14.9 Å². The summed E-state index contributed by atoms with van der Waals surface area (Å²) >= 11 is 1.47. The van der Waals surface area contributed by atoms with E-state index in [-0.39, 0.29) is 11.6 Å².